The van der Waals surface area contributed by atoms with E-state index in [-0.39, 0.29) is 0 Å². The molecule has 2 rings (SSSR count). The van der Waals surface area contributed by atoms with Crippen molar-refractivity contribution < 1.29 is 0 Å². The average Bonchev–Trinajstić information content (AvgIpc) is 2.46. The maximum absolute atomic E-state index is 4.59. The first kappa shape index (κ1) is 15.4. The maximum Gasteiger partial charge on any atom is 0.0544 e. The van der Waals surface area contributed by atoms with Crippen molar-refractivity contribution in [1.82, 2.24) is 20.1 Å². The van der Waals surface area contributed by atoms with Gasteiger partial charge in [-0.3, -0.25) is 9.88 Å². The number of rotatable bonds is 6. The van der Waals surface area contributed by atoms with E-state index >= 15 is 0 Å². The number of likely N-dealkylation sites (N-methyl/N-ethyl adjacent to an activating group) is 2. The summed E-state index contributed by atoms with van der Waals surface area (Å²) in [5.41, 5.74) is 2.43. The van der Waals surface area contributed by atoms with Crippen LogP contribution in [-0.4, -0.2) is 54.6 Å². The molecule has 112 valence electrons. The van der Waals surface area contributed by atoms with Gasteiger partial charge >= 0.3 is 0 Å². The van der Waals surface area contributed by atoms with E-state index in [4.69, 9.17) is 0 Å². The molecule has 1 N–H and O–H groups in total. The van der Waals surface area contributed by atoms with E-state index in [9.17, 15) is 0 Å². The predicted octanol–water partition coefficient (Wildman–Crippen LogP) is 1.72. The lowest BCUT2D eigenvalue weighted by Crippen LogP contribution is -2.44. The summed E-state index contributed by atoms with van der Waals surface area (Å²) >= 11 is 0. The lowest BCUT2D eigenvalue weighted by molar-refractivity contribution is 0.128. The van der Waals surface area contributed by atoms with Gasteiger partial charge in [0, 0.05) is 31.9 Å². The zero-order chi connectivity index (χ0) is 14.4. The molecule has 0 bridgehead atoms. The molecule has 0 spiro atoms. The van der Waals surface area contributed by atoms with Crippen LogP contribution in [0, 0.1) is 0 Å². The van der Waals surface area contributed by atoms with Crippen LogP contribution < -0.4 is 5.32 Å². The van der Waals surface area contributed by atoms with Crippen molar-refractivity contribution in [2.45, 2.75) is 38.9 Å². The second kappa shape index (κ2) is 7.72. The van der Waals surface area contributed by atoms with E-state index in [2.05, 4.69) is 53.3 Å². The summed E-state index contributed by atoms with van der Waals surface area (Å²) in [5.74, 6) is 0. The van der Waals surface area contributed by atoms with Crippen LogP contribution in [0.25, 0.3) is 0 Å². The van der Waals surface area contributed by atoms with E-state index in [0.717, 1.165) is 19.6 Å². The van der Waals surface area contributed by atoms with Crippen LogP contribution >= 0.6 is 0 Å². The molecule has 0 aromatic carbocycles. The third kappa shape index (κ3) is 4.54. The highest BCUT2D eigenvalue weighted by Crippen LogP contribution is 2.15. The van der Waals surface area contributed by atoms with Gasteiger partial charge in [-0.15, -0.1) is 0 Å². The molecule has 0 aliphatic carbocycles. The van der Waals surface area contributed by atoms with Crippen LogP contribution in [0.15, 0.2) is 18.3 Å². The van der Waals surface area contributed by atoms with Gasteiger partial charge in [-0.2, -0.15) is 0 Å². The van der Waals surface area contributed by atoms with Gasteiger partial charge in [0.15, 0.2) is 0 Å². The predicted molar refractivity (Wildman–Crippen MR) is 83.6 cm³/mol. The SMILES string of the molecule is CCNCc1ccc(CN(C)C2CCCN(C)C2)nc1. The molecular weight excluding hydrogens is 248 g/mol. The fraction of sp³-hybridized carbons (Fsp3) is 0.688. The quantitative estimate of drug-likeness (QED) is 0.857. The Morgan fingerprint density at radius 2 is 2.30 bits per heavy atom. The number of pyridine rings is 1. The van der Waals surface area contributed by atoms with Gasteiger partial charge in [-0.25, -0.2) is 0 Å². The molecule has 0 saturated carbocycles. The summed E-state index contributed by atoms with van der Waals surface area (Å²) in [6.07, 6.45) is 4.61. The topological polar surface area (TPSA) is 31.4 Å². The van der Waals surface area contributed by atoms with Crippen molar-refractivity contribution in [2.75, 3.05) is 33.7 Å². The van der Waals surface area contributed by atoms with E-state index in [1.54, 1.807) is 0 Å². The molecule has 1 aliphatic rings. The Hall–Kier alpha value is -0.970. The molecular formula is C16H28N4. The minimum atomic E-state index is 0.664. The van der Waals surface area contributed by atoms with Gasteiger partial charge in [0.05, 0.1) is 5.69 Å². The highest BCUT2D eigenvalue weighted by molar-refractivity contribution is 5.14. The molecule has 1 atom stereocenters. The fourth-order valence-corrected chi connectivity index (χ4v) is 2.81. The van der Waals surface area contributed by atoms with Crippen LogP contribution in [0.5, 0.6) is 0 Å². The van der Waals surface area contributed by atoms with Gasteiger partial charge in [0.25, 0.3) is 0 Å². The first-order chi connectivity index (χ1) is 9.69. The van der Waals surface area contributed by atoms with Gasteiger partial charge in [0.2, 0.25) is 0 Å². The molecule has 1 fully saturated rings. The highest BCUT2D eigenvalue weighted by atomic mass is 15.2. The van der Waals surface area contributed by atoms with Crippen LogP contribution in [0.2, 0.25) is 0 Å². The number of hydrogen-bond donors (Lipinski definition) is 1. The Balaban J connectivity index is 1.85. The summed E-state index contributed by atoms with van der Waals surface area (Å²) in [6, 6.07) is 5.01. The molecule has 1 aromatic heterocycles. The molecule has 4 heteroatoms. The van der Waals surface area contributed by atoms with Gasteiger partial charge < -0.3 is 10.2 Å². The fourth-order valence-electron chi connectivity index (χ4n) is 2.81. The summed E-state index contributed by atoms with van der Waals surface area (Å²) in [5, 5.41) is 3.33. The Kier molecular flexibility index (Phi) is 5.95. The Labute approximate surface area is 123 Å². The van der Waals surface area contributed by atoms with Crippen LogP contribution in [0.3, 0.4) is 0 Å². The molecule has 1 aliphatic heterocycles. The molecule has 1 aromatic rings. The zero-order valence-corrected chi connectivity index (χ0v) is 13.1. The van der Waals surface area contributed by atoms with Crippen LogP contribution in [0.1, 0.15) is 31.0 Å². The third-order valence-corrected chi connectivity index (χ3v) is 4.10. The number of nitrogens with one attached hydrogen (secondary N) is 1. The van der Waals surface area contributed by atoms with Crippen molar-refractivity contribution in [2.24, 2.45) is 0 Å². The van der Waals surface area contributed by atoms with Crippen LogP contribution in [0.4, 0.5) is 0 Å². The Morgan fingerprint density at radius 3 is 2.95 bits per heavy atom. The van der Waals surface area contributed by atoms with Gasteiger partial charge in [-0.05, 0) is 51.7 Å². The summed E-state index contributed by atoms with van der Waals surface area (Å²) in [4.78, 5) is 9.46. The minimum Gasteiger partial charge on any atom is -0.313 e. The summed E-state index contributed by atoms with van der Waals surface area (Å²) in [7, 11) is 4.44. The molecule has 0 radical (unpaired) electrons. The van der Waals surface area contributed by atoms with E-state index < -0.39 is 0 Å². The number of likely N-dealkylation sites (tertiary alicyclic amines) is 1. The summed E-state index contributed by atoms with van der Waals surface area (Å²) < 4.78 is 0. The van der Waals surface area contributed by atoms with Crippen molar-refractivity contribution in [3.8, 4) is 0 Å². The second-order valence-electron chi connectivity index (χ2n) is 5.91. The number of aromatic nitrogens is 1. The van der Waals surface area contributed by atoms with E-state index in [1.807, 2.05) is 6.20 Å². The molecule has 4 nitrogen and oxygen atoms in total. The maximum atomic E-state index is 4.59. The minimum absolute atomic E-state index is 0.664. The highest BCUT2D eigenvalue weighted by Gasteiger charge is 2.21. The monoisotopic (exact) mass is 276 g/mol. The van der Waals surface area contributed by atoms with Crippen molar-refractivity contribution in [3.63, 3.8) is 0 Å². The number of nitrogens with zero attached hydrogens (tertiary/aromatic N) is 3. The Bertz CT molecular complexity index is 390. The summed E-state index contributed by atoms with van der Waals surface area (Å²) in [6.45, 7) is 7.39. The lowest BCUT2D eigenvalue weighted by Gasteiger charge is -2.35. The van der Waals surface area contributed by atoms with Crippen LogP contribution in [-0.2, 0) is 13.1 Å². The smallest absolute Gasteiger partial charge is 0.0544 e. The first-order valence-electron chi connectivity index (χ1n) is 7.72. The van der Waals surface area contributed by atoms with Crippen molar-refractivity contribution >= 4 is 0 Å². The van der Waals surface area contributed by atoms with E-state index in [1.165, 1.54) is 37.2 Å². The standard InChI is InChI=1S/C16H28N4/c1-4-17-10-14-7-8-15(18-11-14)12-20(3)16-6-5-9-19(2)13-16/h7-8,11,16-17H,4-6,9-10,12-13H2,1-3H3. The second-order valence-corrected chi connectivity index (χ2v) is 5.91. The van der Waals surface area contributed by atoms with E-state index in [0.29, 0.717) is 6.04 Å². The van der Waals surface area contributed by atoms with Crippen molar-refractivity contribution in [1.29, 1.82) is 0 Å². The lowest BCUT2D eigenvalue weighted by atomic mass is 10.0. The average molecular weight is 276 g/mol. The zero-order valence-electron chi connectivity index (χ0n) is 13.1. The number of hydrogen-bond acceptors (Lipinski definition) is 4. The molecule has 0 amide bonds. The first-order valence-corrected chi connectivity index (χ1v) is 7.72. The molecule has 2 heterocycles. The molecule has 1 saturated heterocycles. The van der Waals surface area contributed by atoms with Gasteiger partial charge in [-0.1, -0.05) is 13.0 Å². The van der Waals surface area contributed by atoms with Crippen molar-refractivity contribution in [3.05, 3.63) is 29.6 Å². The Morgan fingerprint density at radius 1 is 1.45 bits per heavy atom. The normalized spacial score (nSPS) is 20.5. The largest absolute Gasteiger partial charge is 0.313 e. The van der Waals surface area contributed by atoms with Gasteiger partial charge in [0.1, 0.15) is 0 Å². The third-order valence-electron chi connectivity index (χ3n) is 4.10. The number of piperidine rings is 1. The molecule has 20 heavy (non-hydrogen) atoms. The molecule has 1 unspecified atom stereocenters.